The smallest absolute Gasteiger partial charge is 0.374 e. The van der Waals surface area contributed by atoms with Gasteiger partial charge in [-0.05, 0) is 15.9 Å². The van der Waals surface area contributed by atoms with Crippen LogP contribution in [0.15, 0.2) is 10.8 Å². The summed E-state index contributed by atoms with van der Waals surface area (Å²) in [5.41, 5.74) is 0. The fourth-order valence-electron chi connectivity index (χ4n) is 0.499. The van der Waals surface area contributed by atoms with E-state index in [-0.39, 0.29) is 5.82 Å². The van der Waals surface area contributed by atoms with Crippen LogP contribution in [0.25, 0.3) is 0 Å². The predicted molar refractivity (Wildman–Crippen MR) is 37.6 cm³/mol. The van der Waals surface area contributed by atoms with Crippen LogP contribution >= 0.6 is 15.9 Å². The van der Waals surface area contributed by atoms with Gasteiger partial charge in [0.1, 0.15) is 4.60 Å². The van der Waals surface area contributed by atoms with Gasteiger partial charge in [-0.15, -0.1) is 0 Å². The Morgan fingerprint density at radius 1 is 1.90 bits per heavy atom. The van der Waals surface area contributed by atoms with Gasteiger partial charge >= 0.3 is 5.97 Å². The number of carbonyl (C=O) groups excluding carboxylic acids is 1. The van der Waals surface area contributed by atoms with Crippen molar-refractivity contribution in [2.75, 3.05) is 7.11 Å². The topological polar surface area (TPSA) is 55.0 Å². The number of imidazole rings is 1. The maximum absolute atomic E-state index is 10.7. The molecule has 1 heterocycles. The van der Waals surface area contributed by atoms with Gasteiger partial charge in [0.2, 0.25) is 5.82 Å². The van der Waals surface area contributed by atoms with E-state index in [1.54, 1.807) is 0 Å². The molecule has 0 aliphatic carbocycles. The molecule has 0 spiro atoms. The average Bonchev–Trinajstić information content (AvgIpc) is 2.34. The van der Waals surface area contributed by atoms with Crippen LogP contribution in [0.2, 0.25) is 0 Å². The zero-order chi connectivity index (χ0) is 7.56. The van der Waals surface area contributed by atoms with E-state index in [4.69, 9.17) is 0 Å². The maximum atomic E-state index is 10.7. The first kappa shape index (κ1) is 7.27. The van der Waals surface area contributed by atoms with E-state index in [2.05, 4.69) is 30.6 Å². The number of nitrogens with zero attached hydrogens (tertiary/aromatic N) is 1. The largest absolute Gasteiger partial charge is 0.463 e. The molecule has 1 aromatic heterocycles. The van der Waals surface area contributed by atoms with Crippen molar-refractivity contribution in [1.82, 2.24) is 9.97 Å². The summed E-state index contributed by atoms with van der Waals surface area (Å²) in [7, 11) is 1.30. The highest BCUT2D eigenvalue weighted by Crippen LogP contribution is 2.04. The molecule has 0 aromatic carbocycles. The zero-order valence-electron chi connectivity index (χ0n) is 5.22. The number of rotatable bonds is 1. The summed E-state index contributed by atoms with van der Waals surface area (Å²) in [6.45, 7) is 0. The first-order chi connectivity index (χ1) is 4.74. The van der Waals surface area contributed by atoms with Crippen molar-refractivity contribution >= 4 is 21.9 Å². The summed E-state index contributed by atoms with van der Waals surface area (Å²) in [4.78, 5) is 17.1. The fourth-order valence-corrected chi connectivity index (χ4v) is 0.789. The van der Waals surface area contributed by atoms with Gasteiger partial charge in [-0.25, -0.2) is 9.78 Å². The number of methoxy groups -OCH3 is 1. The molecule has 54 valence electrons. The molecular formula is C5H5BrN2O2. The van der Waals surface area contributed by atoms with Gasteiger partial charge in [-0.1, -0.05) is 0 Å². The third-order valence-electron chi connectivity index (χ3n) is 0.924. The van der Waals surface area contributed by atoms with E-state index in [9.17, 15) is 4.79 Å². The minimum atomic E-state index is -0.467. The first-order valence-electron chi connectivity index (χ1n) is 2.53. The van der Waals surface area contributed by atoms with Gasteiger partial charge in [0.15, 0.2) is 0 Å². The highest BCUT2D eigenvalue weighted by molar-refractivity contribution is 9.10. The quantitative estimate of drug-likeness (QED) is 0.694. The number of aromatic amines is 1. The summed E-state index contributed by atoms with van der Waals surface area (Å²) >= 11 is 3.10. The third kappa shape index (κ3) is 1.36. The molecule has 1 rings (SSSR count). The van der Waals surface area contributed by atoms with Crippen molar-refractivity contribution in [2.45, 2.75) is 0 Å². The van der Waals surface area contributed by atoms with Crippen LogP contribution in [0.3, 0.4) is 0 Å². The highest BCUT2D eigenvalue weighted by atomic mass is 79.9. The van der Waals surface area contributed by atoms with Crippen LogP contribution in [-0.2, 0) is 4.74 Å². The summed E-state index contributed by atoms with van der Waals surface area (Å²) in [5.74, 6) is -0.264. The molecular weight excluding hydrogens is 200 g/mol. The molecule has 1 N–H and O–H groups in total. The Hall–Kier alpha value is -0.840. The Morgan fingerprint density at radius 2 is 2.60 bits per heavy atom. The third-order valence-corrected chi connectivity index (χ3v) is 1.33. The molecule has 1 aromatic rings. The zero-order valence-corrected chi connectivity index (χ0v) is 6.81. The van der Waals surface area contributed by atoms with Gasteiger partial charge in [0.25, 0.3) is 0 Å². The van der Waals surface area contributed by atoms with E-state index in [1.165, 1.54) is 13.3 Å². The number of carbonyl (C=O) groups is 1. The first-order valence-corrected chi connectivity index (χ1v) is 3.32. The molecule has 0 amide bonds. The second kappa shape index (κ2) is 2.83. The van der Waals surface area contributed by atoms with E-state index in [1.807, 2.05) is 0 Å². The van der Waals surface area contributed by atoms with Crippen molar-refractivity contribution in [3.63, 3.8) is 0 Å². The minimum absolute atomic E-state index is 0.203. The lowest BCUT2D eigenvalue weighted by Gasteiger charge is -1.90. The minimum Gasteiger partial charge on any atom is -0.463 e. The fraction of sp³-hybridized carbons (Fsp3) is 0.200. The number of ether oxygens (including phenoxy) is 1. The molecule has 0 atom stereocenters. The van der Waals surface area contributed by atoms with Crippen LogP contribution in [0.1, 0.15) is 10.6 Å². The van der Waals surface area contributed by atoms with Gasteiger partial charge in [0, 0.05) is 0 Å². The number of hydrogen-bond acceptors (Lipinski definition) is 3. The van der Waals surface area contributed by atoms with E-state index < -0.39 is 5.97 Å². The van der Waals surface area contributed by atoms with Gasteiger partial charge < -0.3 is 9.72 Å². The van der Waals surface area contributed by atoms with Crippen LogP contribution in [0, 0.1) is 0 Å². The highest BCUT2D eigenvalue weighted by Gasteiger charge is 2.07. The average molecular weight is 205 g/mol. The molecule has 0 saturated heterocycles. The Balaban J connectivity index is 2.85. The number of halogens is 1. The van der Waals surface area contributed by atoms with Crippen molar-refractivity contribution in [2.24, 2.45) is 0 Å². The summed E-state index contributed by atoms with van der Waals surface area (Å²) in [5, 5.41) is 0. The molecule has 0 saturated carbocycles. The number of esters is 1. The van der Waals surface area contributed by atoms with Gasteiger partial charge in [-0.3, -0.25) is 0 Å². The molecule has 0 aliphatic heterocycles. The molecule has 4 nitrogen and oxygen atoms in total. The van der Waals surface area contributed by atoms with Crippen molar-refractivity contribution in [1.29, 1.82) is 0 Å². The summed E-state index contributed by atoms with van der Waals surface area (Å²) in [6, 6.07) is 0. The van der Waals surface area contributed by atoms with Crippen LogP contribution in [0.4, 0.5) is 0 Å². The lowest BCUT2D eigenvalue weighted by molar-refractivity contribution is 0.0588. The number of hydrogen-bond donors (Lipinski definition) is 1. The van der Waals surface area contributed by atoms with Crippen LogP contribution in [0.5, 0.6) is 0 Å². The summed E-state index contributed by atoms with van der Waals surface area (Å²) in [6.07, 6.45) is 1.49. The normalized spacial score (nSPS) is 9.40. The van der Waals surface area contributed by atoms with Crippen molar-refractivity contribution in [3.05, 3.63) is 16.6 Å². The Kier molecular flexibility index (Phi) is 2.06. The molecule has 0 fully saturated rings. The molecule has 0 aliphatic rings. The Morgan fingerprint density at radius 3 is 3.00 bits per heavy atom. The molecule has 0 unspecified atom stereocenters. The molecule has 5 heteroatoms. The molecule has 10 heavy (non-hydrogen) atoms. The monoisotopic (exact) mass is 204 g/mol. The Bertz CT molecular complexity index is 246. The Labute approximate surface area is 65.7 Å². The number of H-pyrrole nitrogens is 1. The van der Waals surface area contributed by atoms with Gasteiger partial charge in [-0.2, -0.15) is 0 Å². The van der Waals surface area contributed by atoms with Crippen molar-refractivity contribution in [3.8, 4) is 0 Å². The van der Waals surface area contributed by atoms with Crippen LogP contribution in [-0.4, -0.2) is 23.0 Å². The molecule has 0 bridgehead atoms. The van der Waals surface area contributed by atoms with E-state index in [0.29, 0.717) is 4.60 Å². The van der Waals surface area contributed by atoms with E-state index >= 15 is 0 Å². The standard InChI is InChI=1S/C5H5BrN2O2/c1-10-5(9)4-7-2-3(6)8-4/h2H,1H3,(H,7,8). The van der Waals surface area contributed by atoms with Gasteiger partial charge in [0.05, 0.1) is 13.3 Å². The SMILES string of the molecule is COC(=O)c1ncc(Br)[nH]1. The second-order valence-corrected chi connectivity index (χ2v) is 2.43. The van der Waals surface area contributed by atoms with Crippen LogP contribution < -0.4 is 0 Å². The lowest BCUT2D eigenvalue weighted by Crippen LogP contribution is -2.02. The second-order valence-electron chi connectivity index (χ2n) is 1.57. The predicted octanol–water partition coefficient (Wildman–Crippen LogP) is 0.959. The number of aromatic nitrogens is 2. The summed E-state index contributed by atoms with van der Waals surface area (Å²) < 4.78 is 5.06. The number of nitrogens with one attached hydrogen (secondary N) is 1. The molecule has 0 radical (unpaired) electrons. The lowest BCUT2D eigenvalue weighted by atomic mass is 10.6. The maximum Gasteiger partial charge on any atom is 0.374 e. The van der Waals surface area contributed by atoms with Crippen molar-refractivity contribution < 1.29 is 9.53 Å². The van der Waals surface area contributed by atoms with E-state index in [0.717, 1.165) is 0 Å².